The zero-order valence-corrected chi connectivity index (χ0v) is 17.8. The van der Waals surface area contributed by atoms with Gasteiger partial charge < -0.3 is 10.2 Å². The first-order valence-corrected chi connectivity index (χ1v) is 11.2. The Morgan fingerprint density at radius 3 is 2.48 bits per heavy atom. The number of hydrogen-bond donors (Lipinski definition) is 1. The zero-order chi connectivity index (χ0) is 19.6. The number of sulfonamides is 1. The second-order valence-electron chi connectivity index (χ2n) is 7.32. The smallest absolute Gasteiger partial charge is 0.243 e. The third-order valence-corrected chi connectivity index (χ3v) is 7.37. The van der Waals surface area contributed by atoms with Crippen LogP contribution in [0.25, 0.3) is 11.1 Å². The van der Waals surface area contributed by atoms with Crippen molar-refractivity contribution in [3.05, 3.63) is 54.6 Å². The number of piperidine rings is 1. The molecule has 2 heterocycles. The van der Waals surface area contributed by atoms with E-state index < -0.39 is 10.0 Å². The van der Waals surface area contributed by atoms with Crippen LogP contribution >= 0.6 is 12.4 Å². The molecule has 0 bridgehead atoms. The molecule has 0 saturated carbocycles. The first-order valence-electron chi connectivity index (χ1n) is 9.71. The van der Waals surface area contributed by atoms with Gasteiger partial charge in [0.2, 0.25) is 15.9 Å². The van der Waals surface area contributed by atoms with Crippen molar-refractivity contribution in [3.8, 4) is 11.1 Å². The van der Waals surface area contributed by atoms with Crippen molar-refractivity contribution in [3.63, 3.8) is 0 Å². The molecule has 0 spiro atoms. The fourth-order valence-electron chi connectivity index (χ4n) is 4.02. The van der Waals surface area contributed by atoms with Gasteiger partial charge in [-0.2, -0.15) is 4.31 Å². The average Bonchev–Trinajstić information content (AvgIpc) is 2.75. The number of halogens is 1. The molecule has 156 valence electrons. The molecule has 2 aromatic rings. The Kier molecular flexibility index (Phi) is 6.95. The van der Waals surface area contributed by atoms with Crippen molar-refractivity contribution >= 4 is 28.3 Å². The topological polar surface area (TPSA) is 69.7 Å². The van der Waals surface area contributed by atoms with Crippen LogP contribution in [0.4, 0.5) is 0 Å². The molecule has 0 aliphatic carbocycles. The third kappa shape index (κ3) is 4.64. The molecule has 1 amide bonds. The molecule has 8 heteroatoms. The lowest BCUT2D eigenvalue weighted by molar-refractivity contribution is -0.135. The van der Waals surface area contributed by atoms with Gasteiger partial charge in [-0.15, -0.1) is 12.4 Å². The molecule has 1 atom stereocenters. The van der Waals surface area contributed by atoms with E-state index in [0.717, 1.165) is 30.5 Å². The van der Waals surface area contributed by atoms with Crippen LogP contribution in [0.15, 0.2) is 59.5 Å². The van der Waals surface area contributed by atoms with Crippen LogP contribution in [0.1, 0.15) is 12.8 Å². The molecule has 29 heavy (non-hydrogen) atoms. The summed E-state index contributed by atoms with van der Waals surface area (Å²) in [5.74, 6) is 0.0570. The summed E-state index contributed by atoms with van der Waals surface area (Å²) >= 11 is 0. The van der Waals surface area contributed by atoms with Gasteiger partial charge in [0.15, 0.2) is 0 Å². The van der Waals surface area contributed by atoms with Gasteiger partial charge in [0.25, 0.3) is 0 Å². The van der Waals surface area contributed by atoms with E-state index in [2.05, 4.69) is 5.32 Å². The first kappa shape index (κ1) is 21.8. The number of benzene rings is 2. The molecule has 2 aliphatic heterocycles. The summed E-state index contributed by atoms with van der Waals surface area (Å²) in [5.41, 5.74) is 1.87. The molecule has 1 unspecified atom stereocenters. The summed E-state index contributed by atoms with van der Waals surface area (Å²) in [5, 5.41) is 3.07. The summed E-state index contributed by atoms with van der Waals surface area (Å²) in [6.45, 7) is 2.59. The molecule has 6 nitrogen and oxygen atoms in total. The van der Waals surface area contributed by atoms with Crippen molar-refractivity contribution in [2.45, 2.75) is 23.8 Å². The molecule has 2 aromatic carbocycles. The second kappa shape index (κ2) is 9.26. The number of carbonyl (C=O) groups is 1. The van der Waals surface area contributed by atoms with E-state index in [1.165, 1.54) is 0 Å². The van der Waals surface area contributed by atoms with Crippen molar-refractivity contribution in [2.24, 2.45) is 0 Å². The fourth-order valence-corrected chi connectivity index (χ4v) is 5.58. The summed E-state index contributed by atoms with van der Waals surface area (Å²) in [6, 6.07) is 16.8. The van der Waals surface area contributed by atoms with E-state index in [4.69, 9.17) is 0 Å². The van der Waals surface area contributed by atoms with Gasteiger partial charge >= 0.3 is 0 Å². The maximum Gasteiger partial charge on any atom is 0.243 e. The van der Waals surface area contributed by atoms with Crippen LogP contribution in [0.2, 0.25) is 0 Å². The van der Waals surface area contributed by atoms with Gasteiger partial charge in [-0.3, -0.25) is 4.79 Å². The molecular formula is C21H26ClN3O3S. The lowest BCUT2D eigenvalue weighted by Crippen LogP contribution is -2.57. The van der Waals surface area contributed by atoms with Gasteiger partial charge in [-0.05, 0) is 36.1 Å². The minimum Gasteiger partial charge on any atom is -0.336 e. The maximum atomic E-state index is 13.3. The summed E-state index contributed by atoms with van der Waals surface area (Å²) in [4.78, 5) is 14.4. The Balaban J connectivity index is 0.00000240. The number of amides is 1. The van der Waals surface area contributed by atoms with Gasteiger partial charge in [0.1, 0.15) is 0 Å². The quantitative estimate of drug-likeness (QED) is 0.800. The SMILES string of the molecule is Cl.O=C1CNCCN1C1CCCN(S(=O)(=O)c2cccc(-c3ccccc3)c2)C1. The van der Waals surface area contributed by atoms with Gasteiger partial charge in [0.05, 0.1) is 11.4 Å². The van der Waals surface area contributed by atoms with Crippen LogP contribution < -0.4 is 5.32 Å². The highest BCUT2D eigenvalue weighted by Crippen LogP contribution is 2.27. The largest absolute Gasteiger partial charge is 0.336 e. The molecule has 4 rings (SSSR count). The average molecular weight is 436 g/mol. The number of hydrogen-bond acceptors (Lipinski definition) is 4. The number of rotatable bonds is 4. The third-order valence-electron chi connectivity index (χ3n) is 5.51. The maximum absolute atomic E-state index is 13.3. The molecule has 2 saturated heterocycles. The summed E-state index contributed by atoms with van der Waals surface area (Å²) < 4.78 is 28.1. The predicted octanol–water partition coefficient (Wildman–Crippen LogP) is 2.36. The highest BCUT2D eigenvalue weighted by molar-refractivity contribution is 7.89. The van der Waals surface area contributed by atoms with Gasteiger partial charge in [0, 0.05) is 32.2 Å². The van der Waals surface area contributed by atoms with E-state index in [1.54, 1.807) is 22.5 Å². The van der Waals surface area contributed by atoms with Crippen molar-refractivity contribution in [2.75, 3.05) is 32.7 Å². The molecule has 0 aromatic heterocycles. The standard InChI is InChI=1S/C21H25N3O3S.ClH/c25-21-15-22-11-13-24(21)19-9-5-12-23(16-19)28(26,27)20-10-4-8-18(14-20)17-6-2-1-3-7-17;/h1-4,6-8,10,14,19,22H,5,9,11-13,15-16H2;1H. The lowest BCUT2D eigenvalue weighted by Gasteiger charge is -2.40. The molecular weight excluding hydrogens is 410 g/mol. The minimum atomic E-state index is -3.60. The van der Waals surface area contributed by atoms with Crippen molar-refractivity contribution in [1.82, 2.24) is 14.5 Å². The molecule has 2 fully saturated rings. The van der Waals surface area contributed by atoms with Crippen LogP contribution in [-0.4, -0.2) is 62.3 Å². The van der Waals surface area contributed by atoms with E-state index in [-0.39, 0.29) is 24.4 Å². The monoisotopic (exact) mass is 435 g/mol. The van der Waals surface area contributed by atoms with Crippen molar-refractivity contribution in [1.29, 1.82) is 0 Å². The molecule has 1 N–H and O–H groups in total. The minimum absolute atomic E-state index is 0. The van der Waals surface area contributed by atoms with Crippen LogP contribution in [-0.2, 0) is 14.8 Å². The van der Waals surface area contributed by atoms with Gasteiger partial charge in [-0.25, -0.2) is 8.42 Å². The van der Waals surface area contributed by atoms with E-state index in [9.17, 15) is 13.2 Å². The van der Waals surface area contributed by atoms with Crippen LogP contribution in [0.5, 0.6) is 0 Å². The highest BCUT2D eigenvalue weighted by atomic mass is 35.5. The highest BCUT2D eigenvalue weighted by Gasteiger charge is 2.35. The number of nitrogens with zero attached hydrogens (tertiary/aromatic N) is 2. The van der Waals surface area contributed by atoms with Crippen LogP contribution in [0, 0.1) is 0 Å². The van der Waals surface area contributed by atoms with Gasteiger partial charge in [-0.1, -0.05) is 42.5 Å². The normalized spacial score (nSPS) is 20.9. The first-order chi connectivity index (χ1) is 13.6. The Bertz CT molecular complexity index is 953. The number of carbonyl (C=O) groups excluding carboxylic acids is 1. The zero-order valence-electron chi connectivity index (χ0n) is 16.2. The Morgan fingerprint density at radius 2 is 1.72 bits per heavy atom. The van der Waals surface area contributed by atoms with E-state index in [1.807, 2.05) is 41.3 Å². The summed E-state index contributed by atoms with van der Waals surface area (Å²) in [6.07, 6.45) is 1.61. The fraction of sp³-hybridized carbons (Fsp3) is 0.381. The molecule has 2 aliphatic rings. The predicted molar refractivity (Wildman–Crippen MR) is 115 cm³/mol. The van der Waals surface area contributed by atoms with Crippen LogP contribution in [0.3, 0.4) is 0 Å². The number of piperazine rings is 1. The Morgan fingerprint density at radius 1 is 0.966 bits per heavy atom. The lowest BCUT2D eigenvalue weighted by atomic mass is 10.1. The number of nitrogens with one attached hydrogen (secondary N) is 1. The van der Waals surface area contributed by atoms with E-state index >= 15 is 0 Å². The van der Waals surface area contributed by atoms with E-state index in [0.29, 0.717) is 31.1 Å². The Labute approximate surface area is 178 Å². The summed E-state index contributed by atoms with van der Waals surface area (Å²) in [7, 11) is -3.60. The second-order valence-corrected chi connectivity index (χ2v) is 9.25. The van der Waals surface area contributed by atoms with Crippen molar-refractivity contribution < 1.29 is 13.2 Å². The Hall–Kier alpha value is -1.93. The molecule has 0 radical (unpaired) electrons.